The Kier molecular flexibility index (Phi) is 6.19. The molecule has 122 valence electrons. The van der Waals surface area contributed by atoms with Gasteiger partial charge in [-0.3, -0.25) is 9.59 Å². The summed E-state index contributed by atoms with van der Waals surface area (Å²) in [5.74, 6) is -0.359. The summed E-state index contributed by atoms with van der Waals surface area (Å²) < 4.78 is 23.3. The van der Waals surface area contributed by atoms with Gasteiger partial charge in [-0.1, -0.05) is 34.1 Å². The molecule has 1 fully saturated rings. The van der Waals surface area contributed by atoms with E-state index in [0.29, 0.717) is 6.42 Å². The molecule has 0 radical (unpaired) electrons. The van der Waals surface area contributed by atoms with E-state index in [2.05, 4.69) is 5.32 Å². The van der Waals surface area contributed by atoms with E-state index in [-0.39, 0.29) is 35.8 Å². The number of carbonyl (C=O) groups excluding carboxylic acids is 2. The highest BCUT2D eigenvalue weighted by Crippen LogP contribution is 2.19. The summed E-state index contributed by atoms with van der Waals surface area (Å²) in [7, 11) is -3.16. The molecule has 6 nitrogen and oxygen atoms in total. The Morgan fingerprint density at radius 1 is 1.24 bits per heavy atom. The molecule has 0 aromatic heterocycles. The van der Waals surface area contributed by atoms with Crippen molar-refractivity contribution in [3.05, 3.63) is 0 Å². The van der Waals surface area contributed by atoms with Gasteiger partial charge in [-0.05, 0) is 12.3 Å². The molecule has 0 aliphatic carbocycles. The van der Waals surface area contributed by atoms with Gasteiger partial charge in [0.15, 0.2) is 9.84 Å². The predicted octanol–water partition coefficient (Wildman–Crippen LogP) is 0.573. The van der Waals surface area contributed by atoms with Gasteiger partial charge in [0.2, 0.25) is 11.8 Å². The number of rotatable bonds is 7. The Bertz CT molecular complexity index is 489. The van der Waals surface area contributed by atoms with Gasteiger partial charge in [-0.2, -0.15) is 0 Å². The number of nitrogens with zero attached hydrogens (tertiary/aromatic N) is 1. The van der Waals surface area contributed by atoms with Gasteiger partial charge in [-0.15, -0.1) is 0 Å². The molecule has 2 amide bonds. The maximum atomic E-state index is 12.6. The van der Waals surface area contributed by atoms with Crippen molar-refractivity contribution in [2.75, 3.05) is 18.1 Å². The Balaban J connectivity index is 2.93. The molecule has 3 unspecified atom stereocenters. The molecule has 0 spiro atoms. The van der Waals surface area contributed by atoms with Crippen molar-refractivity contribution >= 4 is 21.7 Å². The number of piperazine rings is 1. The largest absolute Gasteiger partial charge is 0.342 e. The van der Waals surface area contributed by atoms with E-state index in [0.717, 1.165) is 6.42 Å². The lowest BCUT2D eigenvalue weighted by Crippen LogP contribution is -2.65. The van der Waals surface area contributed by atoms with E-state index in [4.69, 9.17) is 0 Å². The number of sulfone groups is 1. The molecule has 1 aliphatic rings. The van der Waals surface area contributed by atoms with Crippen molar-refractivity contribution in [3.8, 4) is 0 Å². The van der Waals surface area contributed by atoms with Crippen molar-refractivity contribution in [1.82, 2.24) is 10.2 Å². The first kappa shape index (κ1) is 17.9. The molecule has 3 atom stereocenters. The number of carbonyl (C=O) groups is 2. The molecule has 1 N–H and O–H groups in total. The van der Waals surface area contributed by atoms with Crippen LogP contribution in [-0.4, -0.2) is 55.3 Å². The molecule has 0 aromatic carbocycles. The third-order valence-electron chi connectivity index (χ3n) is 4.21. The van der Waals surface area contributed by atoms with Gasteiger partial charge in [0.1, 0.15) is 12.1 Å². The van der Waals surface area contributed by atoms with Gasteiger partial charge < -0.3 is 10.2 Å². The average Bonchev–Trinajstić information content (AvgIpc) is 2.46. The minimum absolute atomic E-state index is 0.0320. The zero-order valence-corrected chi connectivity index (χ0v) is 14.1. The molecule has 21 heavy (non-hydrogen) atoms. The predicted molar refractivity (Wildman–Crippen MR) is 81.5 cm³/mol. The third-order valence-corrected chi connectivity index (χ3v) is 5.89. The Hall–Kier alpha value is -1.11. The van der Waals surface area contributed by atoms with Crippen LogP contribution in [0.4, 0.5) is 0 Å². The molecule has 0 aromatic rings. The normalized spacial score (nSPS) is 24.9. The van der Waals surface area contributed by atoms with Crippen molar-refractivity contribution < 1.29 is 18.0 Å². The summed E-state index contributed by atoms with van der Waals surface area (Å²) in [6, 6.07) is -1.11. The molecular weight excluding hydrogens is 292 g/mol. The summed E-state index contributed by atoms with van der Waals surface area (Å²) in [4.78, 5) is 26.2. The molecule has 7 heteroatoms. The average molecular weight is 318 g/mol. The van der Waals surface area contributed by atoms with Crippen molar-refractivity contribution in [2.45, 2.75) is 52.6 Å². The van der Waals surface area contributed by atoms with Crippen LogP contribution in [0.15, 0.2) is 0 Å². The Morgan fingerprint density at radius 2 is 1.86 bits per heavy atom. The monoisotopic (exact) mass is 318 g/mol. The van der Waals surface area contributed by atoms with Crippen LogP contribution in [0.3, 0.4) is 0 Å². The first-order valence-electron chi connectivity index (χ1n) is 7.58. The summed E-state index contributed by atoms with van der Waals surface area (Å²) in [5.41, 5.74) is 0. The lowest BCUT2D eigenvalue weighted by molar-refractivity contribution is -0.150. The maximum Gasteiger partial charge on any atom is 0.246 e. The number of amides is 2. The fraction of sp³-hybridized carbons (Fsp3) is 0.857. The highest BCUT2D eigenvalue weighted by molar-refractivity contribution is 7.91. The first-order valence-corrected chi connectivity index (χ1v) is 9.40. The summed E-state index contributed by atoms with van der Waals surface area (Å²) in [6.07, 6.45) is 1.26. The lowest BCUT2D eigenvalue weighted by Gasteiger charge is -2.40. The molecule has 0 bridgehead atoms. The Labute approximate surface area is 127 Å². The Morgan fingerprint density at radius 3 is 2.33 bits per heavy atom. The molecule has 1 heterocycles. The van der Waals surface area contributed by atoms with Gasteiger partial charge in [0, 0.05) is 12.3 Å². The van der Waals surface area contributed by atoms with E-state index >= 15 is 0 Å². The van der Waals surface area contributed by atoms with Gasteiger partial charge in [-0.25, -0.2) is 8.42 Å². The summed E-state index contributed by atoms with van der Waals surface area (Å²) in [6.45, 7) is 7.37. The van der Waals surface area contributed by atoms with Crippen LogP contribution in [0, 0.1) is 5.92 Å². The highest BCUT2D eigenvalue weighted by atomic mass is 32.2. The van der Waals surface area contributed by atoms with Gasteiger partial charge >= 0.3 is 0 Å². The van der Waals surface area contributed by atoms with Crippen LogP contribution in [0.25, 0.3) is 0 Å². The summed E-state index contributed by atoms with van der Waals surface area (Å²) >= 11 is 0. The van der Waals surface area contributed by atoms with Crippen molar-refractivity contribution in [2.24, 2.45) is 5.92 Å². The second-order valence-corrected chi connectivity index (χ2v) is 8.04. The van der Waals surface area contributed by atoms with Gasteiger partial charge in [0.05, 0.1) is 5.75 Å². The summed E-state index contributed by atoms with van der Waals surface area (Å²) in [5, 5.41) is 2.78. The minimum atomic E-state index is -3.16. The molecular formula is C14H26N2O4S. The van der Waals surface area contributed by atoms with E-state index in [1.165, 1.54) is 4.90 Å². The van der Waals surface area contributed by atoms with Crippen LogP contribution in [-0.2, 0) is 19.4 Å². The van der Waals surface area contributed by atoms with Crippen molar-refractivity contribution in [3.63, 3.8) is 0 Å². The topological polar surface area (TPSA) is 83.6 Å². The second-order valence-electron chi connectivity index (χ2n) is 5.56. The van der Waals surface area contributed by atoms with Gasteiger partial charge in [0.25, 0.3) is 0 Å². The quantitative estimate of drug-likeness (QED) is 0.744. The van der Waals surface area contributed by atoms with Crippen LogP contribution in [0.2, 0.25) is 0 Å². The zero-order chi connectivity index (χ0) is 16.2. The lowest BCUT2D eigenvalue weighted by atomic mass is 9.93. The highest BCUT2D eigenvalue weighted by Gasteiger charge is 2.41. The fourth-order valence-electron chi connectivity index (χ4n) is 2.46. The number of hydrogen-bond acceptors (Lipinski definition) is 4. The molecule has 0 saturated carbocycles. The fourth-order valence-corrected chi connectivity index (χ4v) is 3.22. The van der Waals surface area contributed by atoms with Crippen LogP contribution >= 0.6 is 0 Å². The van der Waals surface area contributed by atoms with Crippen LogP contribution in [0.1, 0.15) is 40.5 Å². The molecule has 1 rings (SSSR count). The maximum absolute atomic E-state index is 12.6. The first-order chi connectivity index (χ1) is 9.77. The zero-order valence-electron chi connectivity index (χ0n) is 13.3. The van der Waals surface area contributed by atoms with Crippen LogP contribution < -0.4 is 5.32 Å². The molecule has 1 saturated heterocycles. The van der Waals surface area contributed by atoms with Crippen LogP contribution in [0.5, 0.6) is 0 Å². The van der Waals surface area contributed by atoms with Crippen molar-refractivity contribution in [1.29, 1.82) is 0 Å². The minimum Gasteiger partial charge on any atom is -0.342 e. The standard InChI is InChI=1S/C14H26N2O4S/c1-5-10(4)12-14(18)16(8-9-21(19,20)7-3)11(6-2)13(17)15-12/h10-12H,5-9H2,1-4H3,(H,15,17). The molecule has 1 aliphatic heterocycles. The van der Waals surface area contributed by atoms with E-state index in [9.17, 15) is 18.0 Å². The third kappa shape index (κ3) is 4.18. The SMILES string of the molecule is CCC(C)C1NC(=O)C(CC)N(CCS(=O)(=O)CC)C1=O. The smallest absolute Gasteiger partial charge is 0.246 e. The van der Waals surface area contributed by atoms with E-state index in [1.54, 1.807) is 6.92 Å². The van der Waals surface area contributed by atoms with E-state index in [1.807, 2.05) is 20.8 Å². The number of hydrogen-bond donors (Lipinski definition) is 1. The second kappa shape index (κ2) is 7.24. The van der Waals surface area contributed by atoms with E-state index < -0.39 is 21.9 Å². The number of nitrogens with one attached hydrogen (secondary N) is 1.